The lowest BCUT2D eigenvalue weighted by Gasteiger charge is -2.41. The summed E-state index contributed by atoms with van der Waals surface area (Å²) in [6.07, 6.45) is 1.92. The number of amides is 1. The number of benzene rings is 3. The van der Waals surface area contributed by atoms with E-state index in [1.54, 1.807) is 0 Å². The average Bonchev–Trinajstić information content (AvgIpc) is 3.56. The van der Waals surface area contributed by atoms with E-state index < -0.39 is 12.1 Å². The number of likely N-dealkylation sites (tertiary alicyclic amines) is 1. The molecule has 0 saturated carbocycles. The number of aromatic nitrogens is 2. The number of nitrogens with zero attached hydrogens (tertiary/aromatic N) is 7. The maximum Gasteiger partial charge on any atom is 0.407 e. The van der Waals surface area contributed by atoms with Crippen LogP contribution in [0, 0.1) is 11.3 Å². The molecular formula is C38H43N7O4. The first-order valence-corrected chi connectivity index (χ1v) is 17.2. The first-order valence-electron chi connectivity index (χ1n) is 17.2. The molecule has 0 aliphatic carbocycles. The topological polar surface area (TPSA) is 118 Å². The highest BCUT2D eigenvalue weighted by molar-refractivity contribution is 5.95. The van der Waals surface area contributed by atoms with E-state index in [1.807, 2.05) is 24.3 Å². The monoisotopic (exact) mass is 661 g/mol. The van der Waals surface area contributed by atoms with Crippen molar-refractivity contribution in [3.05, 3.63) is 83.6 Å². The van der Waals surface area contributed by atoms with E-state index >= 15 is 0 Å². The zero-order chi connectivity index (χ0) is 33.9. The van der Waals surface area contributed by atoms with Gasteiger partial charge in [0.25, 0.3) is 0 Å². The van der Waals surface area contributed by atoms with Gasteiger partial charge in [-0.15, -0.1) is 0 Å². The summed E-state index contributed by atoms with van der Waals surface area (Å²) in [6, 6.07) is 25.1. The van der Waals surface area contributed by atoms with E-state index in [4.69, 9.17) is 19.4 Å². The van der Waals surface area contributed by atoms with E-state index in [1.165, 1.54) is 4.90 Å². The predicted molar refractivity (Wildman–Crippen MR) is 188 cm³/mol. The minimum absolute atomic E-state index is 0.101. The summed E-state index contributed by atoms with van der Waals surface area (Å²) in [5, 5.41) is 21.6. The van der Waals surface area contributed by atoms with E-state index in [9.17, 15) is 15.2 Å². The van der Waals surface area contributed by atoms with Crippen LogP contribution in [0.25, 0.3) is 10.8 Å². The third-order valence-corrected chi connectivity index (χ3v) is 10.2. The maximum absolute atomic E-state index is 12.0. The molecule has 3 aliphatic rings. The van der Waals surface area contributed by atoms with Crippen molar-refractivity contribution in [2.75, 3.05) is 49.6 Å². The van der Waals surface area contributed by atoms with Gasteiger partial charge < -0.3 is 29.3 Å². The molecule has 2 saturated heterocycles. The van der Waals surface area contributed by atoms with Gasteiger partial charge >= 0.3 is 12.1 Å². The molecule has 0 bridgehead atoms. The summed E-state index contributed by atoms with van der Waals surface area (Å²) in [5.74, 6) is 1.59. The Morgan fingerprint density at radius 1 is 1.04 bits per heavy atom. The van der Waals surface area contributed by atoms with Crippen molar-refractivity contribution < 1.29 is 19.4 Å². The molecule has 11 heteroatoms. The molecule has 3 atom stereocenters. The van der Waals surface area contributed by atoms with Crippen molar-refractivity contribution in [3.63, 3.8) is 0 Å². The number of anilines is 2. The SMILES string of the molecule is C[C@@H](Oc1nc2c(c(N3CCN(C(=O)O)C(CC#N)C3)n1)CCN(c1cc(OCc3ccccc3)cc3ccccc13)C2)[C@H]1CCCN1C. The molecule has 11 nitrogen and oxygen atoms in total. The first-order chi connectivity index (χ1) is 23.9. The zero-order valence-corrected chi connectivity index (χ0v) is 28.2. The number of hydrogen-bond acceptors (Lipinski definition) is 9. The van der Waals surface area contributed by atoms with Gasteiger partial charge in [0.05, 0.1) is 30.8 Å². The Morgan fingerprint density at radius 3 is 2.63 bits per heavy atom. The number of rotatable bonds is 9. The van der Waals surface area contributed by atoms with Gasteiger partial charge in [0, 0.05) is 54.9 Å². The molecule has 254 valence electrons. The minimum Gasteiger partial charge on any atom is -0.489 e. The second-order valence-corrected chi connectivity index (χ2v) is 13.3. The Bertz CT molecular complexity index is 1850. The lowest BCUT2D eigenvalue weighted by atomic mass is 10.0. The molecule has 4 heterocycles. The third kappa shape index (κ3) is 6.92. The molecule has 1 unspecified atom stereocenters. The fraction of sp³-hybridized carbons (Fsp3) is 0.421. The lowest BCUT2D eigenvalue weighted by Crippen LogP contribution is -2.55. The summed E-state index contributed by atoms with van der Waals surface area (Å²) >= 11 is 0. The summed E-state index contributed by atoms with van der Waals surface area (Å²) in [6.45, 7) is 6.08. The van der Waals surface area contributed by atoms with Crippen molar-refractivity contribution in [1.82, 2.24) is 19.8 Å². The highest BCUT2D eigenvalue weighted by Gasteiger charge is 2.35. The summed E-state index contributed by atoms with van der Waals surface area (Å²) in [7, 11) is 2.13. The molecule has 4 aromatic rings. The maximum atomic E-state index is 12.0. The number of fused-ring (bicyclic) bond motifs is 2. The standard InChI is InChI=1S/C38H43N7O4/c1-26(34-13-8-17-42(34)2)49-37-40-33-24-43(18-15-32(33)36(41-37)44-19-20-45(38(46)47)29(23-44)14-16-39)35-22-30(21-28-11-6-7-12-31(28)35)48-25-27-9-4-3-5-10-27/h3-7,9-12,21-22,26,29,34H,8,13-15,17-20,23-25H2,1-2H3,(H,46,47)/t26-,29?,34-/m1/s1. The van der Waals surface area contributed by atoms with Gasteiger partial charge in [-0.25, -0.2) is 4.79 Å². The van der Waals surface area contributed by atoms with Gasteiger partial charge in [0.1, 0.15) is 24.3 Å². The van der Waals surface area contributed by atoms with Crippen LogP contribution in [0.4, 0.5) is 16.3 Å². The molecule has 0 radical (unpaired) electrons. The lowest BCUT2D eigenvalue weighted by molar-refractivity contribution is 0.110. The number of likely N-dealkylation sites (N-methyl/N-ethyl adjacent to an activating group) is 1. The average molecular weight is 662 g/mol. The summed E-state index contributed by atoms with van der Waals surface area (Å²) in [5.41, 5.74) is 4.14. The number of piperazine rings is 1. The highest BCUT2D eigenvalue weighted by Crippen LogP contribution is 2.37. The Kier molecular flexibility index (Phi) is 9.40. The Hall–Kier alpha value is -5.08. The number of ether oxygens (including phenoxy) is 2. The molecule has 0 spiro atoms. The van der Waals surface area contributed by atoms with Crippen LogP contribution in [0.1, 0.15) is 43.0 Å². The molecule has 1 N–H and O–H groups in total. The highest BCUT2D eigenvalue weighted by atomic mass is 16.5. The zero-order valence-electron chi connectivity index (χ0n) is 28.2. The molecule has 1 aromatic heterocycles. The Labute approximate surface area is 287 Å². The van der Waals surface area contributed by atoms with Gasteiger partial charge in [-0.05, 0) is 56.8 Å². The first kappa shape index (κ1) is 32.5. The number of nitriles is 1. The van der Waals surface area contributed by atoms with E-state index in [2.05, 4.69) is 77.2 Å². The number of carbonyl (C=O) groups is 1. The van der Waals surface area contributed by atoms with Crippen molar-refractivity contribution >= 4 is 28.4 Å². The second-order valence-electron chi connectivity index (χ2n) is 13.3. The predicted octanol–water partition coefficient (Wildman–Crippen LogP) is 5.72. The van der Waals surface area contributed by atoms with Gasteiger partial charge in [-0.1, -0.05) is 54.6 Å². The van der Waals surface area contributed by atoms with Gasteiger partial charge in [0.15, 0.2) is 0 Å². The van der Waals surface area contributed by atoms with Crippen molar-refractivity contribution in [3.8, 4) is 17.8 Å². The van der Waals surface area contributed by atoms with Gasteiger partial charge in [0.2, 0.25) is 0 Å². The summed E-state index contributed by atoms with van der Waals surface area (Å²) in [4.78, 5) is 30.2. The summed E-state index contributed by atoms with van der Waals surface area (Å²) < 4.78 is 12.8. The fourth-order valence-electron chi connectivity index (χ4n) is 7.61. The molecule has 3 aromatic carbocycles. The van der Waals surface area contributed by atoms with Crippen LogP contribution >= 0.6 is 0 Å². The fourth-order valence-corrected chi connectivity index (χ4v) is 7.61. The molecule has 2 fully saturated rings. The van der Waals surface area contributed by atoms with Crippen LogP contribution in [0.3, 0.4) is 0 Å². The second kappa shape index (κ2) is 14.2. The van der Waals surface area contributed by atoms with Crippen LogP contribution < -0.4 is 19.3 Å². The molecule has 49 heavy (non-hydrogen) atoms. The Balaban J connectivity index is 1.22. The van der Waals surface area contributed by atoms with E-state index in [-0.39, 0.29) is 18.6 Å². The van der Waals surface area contributed by atoms with Crippen LogP contribution in [-0.2, 0) is 19.6 Å². The van der Waals surface area contributed by atoms with Crippen LogP contribution in [0.5, 0.6) is 11.8 Å². The smallest absolute Gasteiger partial charge is 0.407 e. The van der Waals surface area contributed by atoms with Crippen molar-refractivity contribution in [2.45, 2.75) is 63.9 Å². The van der Waals surface area contributed by atoms with Crippen molar-refractivity contribution in [1.29, 1.82) is 5.26 Å². The number of hydrogen-bond donors (Lipinski definition) is 1. The van der Waals surface area contributed by atoms with Gasteiger partial charge in [-0.3, -0.25) is 4.90 Å². The van der Waals surface area contributed by atoms with Crippen LogP contribution in [0.15, 0.2) is 66.7 Å². The van der Waals surface area contributed by atoms with Gasteiger partial charge in [-0.2, -0.15) is 15.2 Å². The molecule has 7 rings (SSSR count). The number of carboxylic acid groups (broad SMARTS) is 1. The molecule has 1 amide bonds. The largest absolute Gasteiger partial charge is 0.489 e. The van der Waals surface area contributed by atoms with E-state index in [0.717, 1.165) is 70.8 Å². The van der Waals surface area contributed by atoms with Crippen molar-refractivity contribution in [2.24, 2.45) is 0 Å². The minimum atomic E-state index is -0.999. The Morgan fingerprint density at radius 2 is 1.86 bits per heavy atom. The normalized spacial score (nSPS) is 20.1. The molecular weight excluding hydrogens is 618 g/mol. The third-order valence-electron chi connectivity index (χ3n) is 10.2. The molecule has 3 aliphatic heterocycles. The van der Waals surface area contributed by atoms with E-state index in [0.29, 0.717) is 45.2 Å². The quantitative estimate of drug-likeness (QED) is 0.239. The van der Waals surface area contributed by atoms with Crippen LogP contribution in [0.2, 0.25) is 0 Å². The van der Waals surface area contributed by atoms with Crippen LogP contribution in [-0.4, -0.2) is 88.9 Å².